The van der Waals surface area contributed by atoms with Crippen molar-refractivity contribution in [2.75, 3.05) is 20.7 Å². The predicted octanol–water partition coefficient (Wildman–Crippen LogP) is 3.58. The van der Waals surface area contributed by atoms with Gasteiger partial charge in [-0.25, -0.2) is 12.7 Å². The monoisotopic (exact) mass is 373 g/mol. The summed E-state index contributed by atoms with van der Waals surface area (Å²) in [4.78, 5) is -0.178. The first-order valence-electron chi connectivity index (χ1n) is 7.42. The molecule has 0 unspecified atom stereocenters. The number of nitrogens with zero attached hydrogens (tertiary/aromatic N) is 1. The lowest BCUT2D eigenvalue weighted by atomic mass is 10.1. The van der Waals surface area contributed by atoms with Gasteiger partial charge in [0, 0.05) is 13.6 Å². The molecule has 0 aliphatic rings. The van der Waals surface area contributed by atoms with Crippen molar-refractivity contribution >= 4 is 10.0 Å². The van der Waals surface area contributed by atoms with Gasteiger partial charge in [-0.15, -0.1) is 0 Å². The SMILES string of the molecule is COc1ccccc1CCN(C)S(=O)(=O)c1ccc(C(F)(F)F)cc1. The van der Waals surface area contributed by atoms with Crippen LogP contribution in [0.1, 0.15) is 11.1 Å². The van der Waals surface area contributed by atoms with Crippen molar-refractivity contribution in [1.82, 2.24) is 4.31 Å². The maximum Gasteiger partial charge on any atom is 0.416 e. The fraction of sp³-hybridized carbons (Fsp3) is 0.294. The van der Waals surface area contributed by atoms with E-state index in [-0.39, 0.29) is 11.4 Å². The summed E-state index contributed by atoms with van der Waals surface area (Å²) in [6, 6.07) is 10.7. The van der Waals surface area contributed by atoms with E-state index in [9.17, 15) is 21.6 Å². The Bertz CT molecular complexity index is 818. The molecular formula is C17H18F3NO3S. The van der Waals surface area contributed by atoms with Crippen LogP contribution in [0, 0.1) is 0 Å². The van der Waals surface area contributed by atoms with Gasteiger partial charge in [0.25, 0.3) is 0 Å². The van der Waals surface area contributed by atoms with Crippen LogP contribution < -0.4 is 4.74 Å². The van der Waals surface area contributed by atoms with Gasteiger partial charge in [0.1, 0.15) is 5.75 Å². The molecule has 25 heavy (non-hydrogen) atoms. The van der Waals surface area contributed by atoms with Crippen LogP contribution in [0.2, 0.25) is 0 Å². The zero-order valence-electron chi connectivity index (χ0n) is 13.7. The Kier molecular flexibility index (Phi) is 5.74. The lowest BCUT2D eigenvalue weighted by Crippen LogP contribution is -2.29. The fourth-order valence-corrected chi connectivity index (χ4v) is 3.47. The summed E-state index contributed by atoms with van der Waals surface area (Å²) >= 11 is 0. The van der Waals surface area contributed by atoms with E-state index in [1.54, 1.807) is 6.07 Å². The van der Waals surface area contributed by atoms with E-state index in [2.05, 4.69) is 0 Å². The van der Waals surface area contributed by atoms with Crippen LogP contribution in [0.5, 0.6) is 5.75 Å². The summed E-state index contributed by atoms with van der Waals surface area (Å²) < 4.78 is 69.0. The second-order valence-electron chi connectivity index (χ2n) is 5.41. The van der Waals surface area contributed by atoms with Crippen molar-refractivity contribution in [3.05, 3.63) is 59.7 Å². The molecular weight excluding hydrogens is 355 g/mol. The maximum absolute atomic E-state index is 12.6. The molecule has 136 valence electrons. The lowest BCUT2D eigenvalue weighted by Gasteiger charge is -2.18. The minimum absolute atomic E-state index is 0.170. The van der Waals surface area contributed by atoms with E-state index in [0.29, 0.717) is 12.2 Å². The molecule has 2 aromatic rings. The Morgan fingerprint density at radius 1 is 1.04 bits per heavy atom. The average Bonchev–Trinajstić information content (AvgIpc) is 2.59. The second-order valence-corrected chi connectivity index (χ2v) is 7.46. The minimum atomic E-state index is -4.50. The Balaban J connectivity index is 2.13. The molecule has 0 heterocycles. The largest absolute Gasteiger partial charge is 0.496 e. The molecule has 0 spiro atoms. The third-order valence-electron chi connectivity index (χ3n) is 3.78. The van der Waals surface area contributed by atoms with Crippen LogP contribution in [0.15, 0.2) is 53.4 Å². The molecule has 0 saturated heterocycles. The number of sulfonamides is 1. The highest BCUT2D eigenvalue weighted by Crippen LogP contribution is 2.30. The molecule has 4 nitrogen and oxygen atoms in total. The van der Waals surface area contributed by atoms with Gasteiger partial charge >= 0.3 is 6.18 Å². The molecule has 0 atom stereocenters. The van der Waals surface area contributed by atoms with Gasteiger partial charge in [-0.2, -0.15) is 13.2 Å². The van der Waals surface area contributed by atoms with Gasteiger partial charge in [0.2, 0.25) is 10.0 Å². The zero-order chi connectivity index (χ0) is 18.7. The fourth-order valence-electron chi connectivity index (χ4n) is 2.30. The minimum Gasteiger partial charge on any atom is -0.496 e. The first kappa shape index (κ1) is 19.3. The smallest absolute Gasteiger partial charge is 0.416 e. The Morgan fingerprint density at radius 3 is 2.20 bits per heavy atom. The van der Waals surface area contributed by atoms with Gasteiger partial charge in [-0.3, -0.25) is 0 Å². The molecule has 0 aliphatic carbocycles. The summed E-state index contributed by atoms with van der Waals surface area (Å²) in [6.07, 6.45) is -4.08. The molecule has 8 heteroatoms. The molecule has 0 bridgehead atoms. The van der Waals surface area contributed by atoms with Crippen molar-refractivity contribution < 1.29 is 26.3 Å². The van der Waals surface area contributed by atoms with Crippen molar-refractivity contribution in [2.24, 2.45) is 0 Å². The molecule has 2 rings (SSSR count). The second kappa shape index (κ2) is 7.45. The average molecular weight is 373 g/mol. The van der Waals surface area contributed by atoms with Gasteiger partial charge in [0.05, 0.1) is 17.6 Å². The number of halogens is 3. The number of hydrogen-bond acceptors (Lipinski definition) is 3. The molecule has 0 radical (unpaired) electrons. The molecule has 0 N–H and O–H groups in total. The number of hydrogen-bond donors (Lipinski definition) is 0. The third kappa shape index (κ3) is 4.52. The van der Waals surface area contributed by atoms with E-state index in [1.807, 2.05) is 18.2 Å². The normalized spacial score (nSPS) is 12.4. The molecule has 0 aliphatic heterocycles. The van der Waals surface area contributed by atoms with E-state index in [4.69, 9.17) is 4.74 Å². The van der Waals surface area contributed by atoms with Crippen LogP contribution in [-0.4, -0.2) is 33.4 Å². The summed E-state index contributed by atoms with van der Waals surface area (Å²) in [7, 11) is -0.945. The van der Waals surface area contributed by atoms with E-state index >= 15 is 0 Å². The topological polar surface area (TPSA) is 46.6 Å². The lowest BCUT2D eigenvalue weighted by molar-refractivity contribution is -0.137. The van der Waals surface area contributed by atoms with Crippen molar-refractivity contribution in [2.45, 2.75) is 17.5 Å². The van der Waals surface area contributed by atoms with Crippen LogP contribution in [0.25, 0.3) is 0 Å². The van der Waals surface area contributed by atoms with Crippen LogP contribution in [0.3, 0.4) is 0 Å². The highest BCUT2D eigenvalue weighted by atomic mass is 32.2. The van der Waals surface area contributed by atoms with Crippen molar-refractivity contribution in [3.63, 3.8) is 0 Å². The number of benzene rings is 2. The summed E-state index contributed by atoms with van der Waals surface area (Å²) in [5, 5.41) is 0. The summed E-state index contributed by atoms with van der Waals surface area (Å²) in [5.74, 6) is 0.655. The summed E-state index contributed by atoms with van der Waals surface area (Å²) in [6.45, 7) is 0.170. The third-order valence-corrected chi connectivity index (χ3v) is 5.65. The Hall–Kier alpha value is -2.06. The van der Waals surface area contributed by atoms with E-state index in [1.165, 1.54) is 14.2 Å². The standard InChI is InChI=1S/C17H18F3NO3S/c1-21(12-11-13-5-3-4-6-16(13)24-2)25(22,23)15-9-7-14(8-10-15)17(18,19)20/h3-10H,11-12H2,1-2H3. The van der Waals surface area contributed by atoms with Crippen LogP contribution in [0.4, 0.5) is 13.2 Å². The molecule has 2 aromatic carbocycles. The first-order chi connectivity index (χ1) is 11.7. The van der Waals surface area contributed by atoms with E-state index in [0.717, 1.165) is 34.1 Å². The summed E-state index contributed by atoms with van der Waals surface area (Å²) in [5.41, 5.74) is -0.0393. The van der Waals surface area contributed by atoms with Crippen LogP contribution >= 0.6 is 0 Å². The van der Waals surface area contributed by atoms with Crippen molar-refractivity contribution in [3.8, 4) is 5.75 Å². The number of methoxy groups -OCH3 is 1. The van der Waals surface area contributed by atoms with Gasteiger partial charge < -0.3 is 4.74 Å². The number of para-hydroxylation sites is 1. The number of ether oxygens (including phenoxy) is 1. The van der Waals surface area contributed by atoms with Crippen LogP contribution in [-0.2, 0) is 22.6 Å². The molecule has 0 fully saturated rings. The highest BCUT2D eigenvalue weighted by Gasteiger charge is 2.31. The molecule has 0 amide bonds. The molecule has 0 aromatic heterocycles. The molecule has 0 saturated carbocycles. The van der Waals surface area contributed by atoms with Gasteiger partial charge in [0.15, 0.2) is 0 Å². The quantitative estimate of drug-likeness (QED) is 0.778. The first-order valence-corrected chi connectivity index (χ1v) is 8.86. The number of likely N-dealkylation sites (N-methyl/N-ethyl adjacent to an activating group) is 1. The predicted molar refractivity (Wildman–Crippen MR) is 88.0 cm³/mol. The Labute approximate surface area is 144 Å². The Morgan fingerprint density at radius 2 is 1.64 bits per heavy atom. The zero-order valence-corrected chi connectivity index (χ0v) is 14.6. The maximum atomic E-state index is 12.6. The van der Waals surface area contributed by atoms with Gasteiger partial charge in [-0.1, -0.05) is 18.2 Å². The number of alkyl halides is 3. The van der Waals surface area contributed by atoms with Crippen molar-refractivity contribution in [1.29, 1.82) is 0 Å². The van der Waals surface area contributed by atoms with Gasteiger partial charge in [-0.05, 0) is 42.3 Å². The number of rotatable bonds is 6. The van der Waals surface area contributed by atoms with E-state index < -0.39 is 21.8 Å². The highest BCUT2D eigenvalue weighted by molar-refractivity contribution is 7.89.